The summed E-state index contributed by atoms with van der Waals surface area (Å²) >= 11 is 0. The van der Waals surface area contributed by atoms with Crippen LogP contribution in [0.2, 0.25) is 0 Å². The van der Waals surface area contributed by atoms with Gasteiger partial charge in [0.05, 0.1) is 4.90 Å². The molecule has 34 heavy (non-hydrogen) atoms. The van der Waals surface area contributed by atoms with E-state index in [1.54, 1.807) is 24.5 Å². The Balaban J connectivity index is 1.48. The standard InChI is InChI=1S/C24H17F3N2O4S/c25-24(26,27)33-21-3-1-2-4-22(21)34(31,32)20-9-5-16(6-10-20)14-29-23(30)18-8-7-17-11-12-28-15-19(17)13-18/h1-13,15H,14H2,(H,29,30). The van der Waals surface area contributed by atoms with E-state index in [1.165, 1.54) is 36.4 Å². The molecule has 1 N–H and O–H groups in total. The number of sulfone groups is 1. The van der Waals surface area contributed by atoms with E-state index in [-0.39, 0.29) is 17.3 Å². The topological polar surface area (TPSA) is 85.4 Å². The van der Waals surface area contributed by atoms with Crippen LogP contribution in [0, 0.1) is 0 Å². The van der Waals surface area contributed by atoms with Crippen LogP contribution in [0.3, 0.4) is 0 Å². The quantitative estimate of drug-likeness (QED) is 0.419. The Kier molecular flexibility index (Phi) is 6.25. The van der Waals surface area contributed by atoms with E-state index in [9.17, 15) is 26.4 Å². The van der Waals surface area contributed by atoms with Gasteiger partial charge in [0, 0.05) is 29.9 Å². The molecule has 0 fully saturated rings. The van der Waals surface area contributed by atoms with Crippen LogP contribution >= 0.6 is 0 Å². The lowest BCUT2D eigenvalue weighted by molar-refractivity contribution is -0.275. The SMILES string of the molecule is O=C(NCc1ccc(S(=O)(=O)c2ccccc2OC(F)(F)F)cc1)c1ccc2ccncc2c1. The Morgan fingerprint density at radius 3 is 2.41 bits per heavy atom. The molecule has 0 aliphatic carbocycles. The number of aromatic nitrogens is 1. The number of ether oxygens (including phenoxy) is 1. The fourth-order valence-electron chi connectivity index (χ4n) is 3.31. The monoisotopic (exact) mass is 486 g/mol. The molecule has 0 saturated carbocycles. The van der Waals surface area contributed by atoms with Crippen molar-refractivity contribution in [3.63, 3.8) is 0 Å². The molecule has 174 valence electrons. The molecule has 1 aromatic heterocycles. The van der Waals surface area contributed by atoms with Crippen molar-refractivity contribution in [1.82, 2.24) is 10.3 Å². The van der Waals surface area contributed by atoms with Crippen LogP contribution in [0.15, 0.2) is 95.0 Å². The van der Waals surface area contributed by atoms with E-state index >= 15 is 0 Å². The smallest absolute Gasteiger partial charge is 0.404 e. The van der Waals surface area contributed by atoms with Crippen molar-refractivity contribution in [2.75, 3.05) is 0 Å². The zero-order chi connectivity index (χ0) is 24.3. The van der Waals surface area contributed by atoms with Crippen LogP contribution in [0.4, 0.5) is 13.2 Å². The second kappa shape index (κ2) is 9.14. The third-order valence-corrected chi connectivity index (χ3v) is 6.76. The molecule has 4 aromatic rings. The fourth-order valence-corrected chi connectivity index (χ4v) is 4.69. The van der Waals surface area contributed by atoms with E-state index in [1.807, 2.05) is 12.1 Å². The van der Waals surface area contributed by atoms with Gasteiger partial charge in [-0.15, -0.1) is 13.2 Å². The molecule has 10 heteroatoms. The Morgan fingerprint density at radius 2 is 1.68 bits per heavy atom. The number of nitrogens with one attached hydrogen (secondary N) is 1. The van der Waals surface area contributed by atoms with E-state index in [0.29, 0.717) is 11.1 Å². The molecule has 0 spiro atoms. The summed E-state index contributed by atoms with van der Waals surface area (Å²) in [4.78, 5) is 15.7. The van der Waals surface area contributed by atoms with Gasteiger partial charge < -0.3 is 10.1 Å². The van der Waals surface area contributed by atoms with Crippen LogP contribution in [-0.2, 0) is 16.4 Å². The maximum absolute atomic E-state index is 12.9. The maximum Gasteiger partial charge on any atom is 0.573 e. The summed E-state index contributed by atoms with van der Waals surface area (Å²) in [7, 11) is -4.27. The van der Waals surface area contributed by atoms with Gasteiger partial charge in [0.2, 0.25) is 9.84 Å². The number of pyridine rings is 1. The van der Waals surface area contributed by atoms with Crippen LogP contribution in [0.1, 0.15) is 15.9 Å². The van der Waals surface area contributed by atoms with Gasteiger partial charge in [0.15, 0.2) is 0 Å². The Hall–Kier alpha value is -3.92. The van der Waals surface area contributed by atoms with Crippen molar-refractivity contribution in [2.24, 2.45) is 0 Å². The lowest BCUT2D eigenvalue weighted by Gasteiger charge is -2.13. The molecule has 6 nitrogen and oxygen atoms in total. The summed E-state index contributed by atoms with van der Waals surface area (Å²) in [5.41, 5.74) is 1.05. The molecular weight excluding hydrogens is 469 g/mol. The van der Waals surface area contributed by atoms with Crippen molar-refractivity contribution in [3.8, 4) is 5.75 Å². The minimum Gasteiger partial charge on any atom is -0.404 e. The van der Waals surface area contributed by atoms with E-state index in [2.05, 4.69) is 15.0 Å². The van der Waals surface area contributed by atoms with Gasteiger partial charge in [-0.3, -0.25) is 9.78 Å². The van der Waals surface area contributed by atoms with E-state index < -0.39 is 26.8 Å². The van der Waals surface area contributed by atoms with Gasteiger partial charge in [-0.2, -0.15) is 0 Å². The van der Waals surface area contributed by atoms with Gasteiger partial charge in [0.1, 0.15) is 10.6 Å². The number of hydrogen-bond donors (Lipinski definition) is 1. The predicted octanol–water partition coefficient (Wildman–Crippen LogP) is 4.90. The van der Waals surface area contributed by atoms with Gasteiger partial charge in [0.25, 0.3) is 5.91 Å². The first-order chi connectivity index (χ1) is 16.1. The predicted molar refractivity (Wildman–Crippen MR) is 118 cm³/mol. The molecule has 0 radical (unpaired) electrons. The first-order valence-corrected chi connectivity index (χ1v) is 11.4. The largest absolute Gasteiger partial charge is 0.573 e. The summed E-state index contributed by atoms with van der Waals surface area (Å²) in [6, 6.07) is 17.1. The average Bonchev–Trinajstić information content (AvgIpc) is 2.81. The van der Waals surface area contributed by atoms with Crippen LogP contribution in [-0.4, -0.2) is 25.7 Å². The number of carbonyl (C=O) groups excluding carboxylic acids is 1. The summed E-state index contributed by atoms with van der Waals surface area (Å²) in [5.74, 6) is -1.13. The summed E-state index contributed by atoms with van der Waals surface area (Å²) in [6.45, 7) is 0.123. The highest BCUT2D eigenvalue weighted by Gasteiger charge is 2.34. The normalized spacial score (nSPS) is 11.9. The molecule has 0 aliphatic heterocycles. The first kappa shape index (κ1) is 23.2. The molecule has 1 amide bonds. The summed E-state index contributed by atoms with van der Waals surface area (Å²) in [5, 5.41) is 4.52. The second-order valence-electron chi connectivity index (χ2n) is 7.26. The maximum atomic E-state index is 12.9. The van der Waals surface area contributed by atoms with Crippen molar-refractivity contribution in [3.05, 3.63) is 96.3 Å². The Bertz CT molecular complexity index is 1450. The van der Waals surface area contributed by atoms with Crippen molar-refractivity contribution in [2.45, 2.75) is 22.7 Å². The van der Waals surface area contributed by atoms with Gasteiger partial charge in [-0.1, -0.05) is 30.3 Å². The third kappa shape index (κ3) is 5.18. The van der Waals surface area contributed by atoms with Gasteiger partial charge in [-0.25, -0.2) is 8.42 Å². The number of nitrogens with zero attached hydrogens (tertiary/aromatic N) is 1. The highest BCUT2D eigenvalue weighted by Crippen LogP contribution is 2.33. The molecule has 4 rings (SSSR count). The van der Waals surface area contributed by atoms with Crippen LogP contribution < -0.4 is 10.1 Å². The minimum absolute atomic E-state index is 0.123. The van der Waals surface area contributed by atoms with Crippen LogP contribution in [0.25, 0.3) is 10.8 Å². The second-order valence-corrected chi connectivity index (χ2v) is 9.18. The molecular formula is C24H17F3N2O4S. The summed E-state index contributed by atoms with van der Waals surface area (Å²) in [6.07, 6.45) is -1.72. The van der Waals surface area contributed by atoms with Crippen molar-refractivity contribution < 1.29 is 31.1 Å². The van der Waals surface area contributed by atoms with Crippen molar-refractivity contribution >= 4 is 26.5 Å². The number of fused-ring (bicyclic) bond motifs is 1. The number of para-hydroxylation sites is 1. The zero-order valence-corrected chi connectivity index (χ0v) is 18.2. The average molecular weight is 486 g/mol. The molecule has 0 aliphatic rings. The lowest BCUT2D eigenvalue weighted by atomic mass is 10.1. The molecule has 1 heterocycles. The van der Waals surface area contributed by atoms with Crippen molar-refractivity contribution in [1.29, 1.82) is 0 Å². The molecule has 0 bridgehead atoms. The Morgan fingerprint density at radius 1 is 0.941 bits per heavy atom. The van der Waals surface area contributed by atoms with E-state index in [0.717, 1.165) is 22.9 Å². The lowest BCUT2D eigenvalue weighted by Crippen LogP contribution is -2.22. The van der Waals surface area contributed by atoms with E-state index in [4.69, 9.17) is 0 Å². The summed E-state index contributed by atoms with van der Waals surface area (Å²) < 4.78 is 67.6. The minimum atomic E-state index is -5.03. The van der Waals surface area contributed by atoms with Gasteiger partial charge in [-0.05, 0) is 53.4 Å². The number of hydrogen-bond acceptors (Lipinski definition) is 5. The number of carbonyl (C=O) groups is 1. The molecule has 3 aromatic carbocycles. The number of amides is 1. The zero-order valence-electron chi connectivity index (χ0n) is 17.4. The number of alkyl halides is 3. The highest BCUT2D eigenvalue weighted by atomic mass is 32.2. The number of benzene rings is 3. The molecule has 0 atom stereocenters. The third-order valence-electron chi connectivity index (χ3n) is 4.95. The number of rotatable bonds is 6. The van der Waals surface area contributed by atoms with Gasteiger partial charge >= 0.3 is 6.36 Å². The first-order valence-electron chi connectivity index (χ1n) is 9.94. The fraction of sp³-hybridized carbons (Fsp3) is 0.0833. The molecule has 0 unspecified atom stereocenters. The Labute approximate surface area is 192 Å². The molecule has 0 saturated heterocycles. The highest BCUT2D eigenvalue weighted by molar-refractivity contribution is 7.91. The van der Waals surface area contributed by atoms with Crippen LogP contribution in [0.5, 0.6) is 5.75 Å². The number of halogens is 3.